The molecule has 5 nitrogen and oxygen atoms in total. The summed E-state index contributed by atoms with van der Waals surface area (Å²) in [6.45, 7) is -0.156. The number of nitrogens with one attached hydrogen (secondary N) is 1. The molecule has 16 heavy (non-hydrogen) atoms. The highest BCUT2D eigenvalue weighted by Crippen LogP contribution is 2.36. The summed E-state index contributed by atoms with van der Waals surface area (Å²) >= 11 is 0. The number of hydrogen-bond donors (Lipinski definition) is 3. The second kappa shape index (κ2) is 4.80. The molecule has 0 amide bonds. The topological polar surface area (TPSA) is 78.8 Å². The lowest BCUT2D eigenvalue weighted by atomic mass is 10.1. The van der Waals surface area contributed by atoms with Gasteiger partial charge in [-0.3, -0.25) is 4.79 Å². The molecule has 0 spiro atoms. The first kappa shape index (κ1) is 12.3. The Hall–Kier alpha value is -1.82. The van der Waals surface area contributed by atoms with Crippen molar-refractivity contribution in [2.24, 2.45) is 0 Å². The Balaban J connectivity index is 3.35. The van der Waals surface area contributed by atoms with Crippen LogP contribution in [-0.2, 0) is 0 Å². The van der Waals surface area contributed by atoms with E-state index in [0.717, 1.165) is 6.07 Å². The van der Waals surface area contributed by atoms with Gasteiger partial charge in [-0.25, -0.2) is 4.39 Å². The second-order valence-corrected chi connectivity index (χ2v) is 3.09. The third-order valence-electron chi connectivity index (χ3n) is 2.02. The van der Waals surface area contributed by atoms with Gasteiger partial charge < -0.3 is 20.3 Å². The monoisotopic (exact) mass is 229 g/mol. The molecule has 0 saturated carbocycles. The van der Waals surface area contributed by atoms with Crippen LogP contribution in [0, 0.1) is 5.82 Å². The second-order valence-electron chi connectivity index (χ2n) is 3.09. The van der Waals surface area contributed by atoms with Gasteiger partial charge in [0.05, 0.1) is 13.7 Å². The summed E-state index contributed by atoms with van der Waals surface area (Å²) in [5.74, 6) is -3.34. The zero-order valence-electron chi connectivity index (χ0n) is 8.87. The van der Waals surface area contributed by atoms with Crippen LogP contribution >= 0.6 is 0 Å². The average molecular weight is 229 g/mol. The van der Waals surface area contributed by atoms with Gasteiger partial charge in [0.2, 0.25) is 0 Å². The molecule has 0 aliphatic carbocycles. The standard InChI is InChI=1S/C10H12FNO4/c1-12-4-6(14)8-9(11)7(16-2)3-5(13)10(8)15/h3,12-13,15H,4H2,1-2H3. The number of halogens is 1. The fourth-order valence-corrected chi connectivity index (χ4v) is 1.26. The molecule has 0 aliphatic heterocycles. The quantitative estimate of drug-likeness (QED) is 0.522. The fraction of sp³-hybridized carbons (Fsp3) is 0.300. The zero-order valence-corrected chi connectivity index (χ0v) is 8.87. The van der Waals surface area contributed by atoms with Gasteiger partial charge in [-0.05, 0) is 7.05 Å². The molecule has 0 fully saturated rings. The van der Waals surface area contributed by atoms with Crippen LogP contribution in [-0.4, -0.2) is 36.7 Å². The predicted molar refractivity (Wildman–Crippen MR) is 54.5 cm³/mol. The van der Waals surface area contributed by atoms with Crippen molar-refractivity contribution in [3.8, 4) is 17.2 Å². The molecule has 0 bridgehead atoms. The predicted octanol–water partition coefficient (Wildman–Crippen LogP) is 0.648. The lowest BCUT2D eigenvalue weighted by Crippen LogP contribution is -2.20. The minimum atomic E-state index is -0.988. The van der Waals surface area contributed by atoms with E-state index in [1.54, 1.807) is 0 Å². The molecule has 0 atom stereocenters. The van der Waals surface area contributed by atoms with Crippen LogP contribution in [0.3, 0.4) is 0 Å². The number of likely N-dealkylation sites (N-methyl/N-ethyl adjacent to an activating group) is 1. The number of phenolic OH excluding ortho intramolecular Hbond substituents is 2. The summed E-state index contributed by atoms with van der Waals surface area (Å²) in [6, 6.07) is 0.904. The minimum absolute atomic E-state index is 0.156. The van der Waals surface area contributed by atoms with Gasteiger partial charge in [0.25, 0.3) is 0 Å². The molecule has 88 valence electrons. The van der Waals surface area contributed by atoms with Crippen molar-refractivity contribution in [3.05, 3.63) is 17.4 Å². The van der Waals surface area contributed by atoms with E-state index in [4.69, 9.17) is 0 Å². The Morgan fingerprint density at radius 1 is 1.56 bits per heavy atom. The summed E-state index contributed by atoms with van der Waals surface area (Å²) in [6.07, 6.45) is 0. The summed E-state index contributed by atoms with van der Waals surface area (Å²) in [7, 11) is 2.70. The molecule has 0 aromatic heterocycles. The maximum Gasteiger partial charge on any atom is 0.183 e. The van der Waals surface area contributed by atoms with E-state index in [1.807, 2.05) is 0 Å². The van der Waals surface area contributed by atoms with Crippen molar-refractivity contribution < 1.29 is 24.1 Å². The van der Waals surface area contributed by atoms with E-state index in [1.165, 1.54) is 14.2 Å². The molecule has 0 saturated heterocycles. The molecule has 6 heteroatoms. The lowest BCUT2D eigenvalue weighted by molar-refractivity contribution is 0.0985. The maximum atomic E-state index is 13.6. The minimum Gasteiger partial charge on any atom is -0.504 e. The van der Waals surface area contributed by atoms with Crippen LogP contribution in [0.1, 0.15) is 10.4 Å². The van der Waals surface area contributed by atoms with E-state index in [0.29, 0.717) is 0 Å². The number of rotatable bonds is 4. The number of carbonyl (C=O) groups is 1. The zero-order chi connectivity index (χ0) is 12.3. The molecule has 0 heterocycles. The molecular weight excluding hydrogens is 217 g/mol. The molecule has 0 aliphatic rings. The van der Waals surface area contributed by atoms with Crippen molar-refractivity contribution in [1.29, 1.82) is 0 Å². The Bertz CT molecular complexity index is 420. The Kier molecular flexibility index (Phi) is 3.68. The Morgan fingerprint density at radius 3 is 2.69 bits per heavy atom. The van der Waals surface area contributed by atoms with Crippen molar-refractivity contribution in [2.75, 3.05) is 20.7 Å². The molecule has 1 aromatic rings. The maximum absolute atomic E-state index is 13.6. The van der Waals surface area contributed by atoms with Crippen LogP contribution in [0.2, 0.25) is 0 Å². The van der Waals surface area contributed by atoms with E-state index >= 15 is 0 Å². The van der Waals surface area contributed by atoms with E-state index in [-0.39, 0.29) is 12.3 Å². The largest absolute Gasteiger partial charge is 0.504 e. The average Bonchev–Trinajstić information content (AvgIpc) is 2.24. The van der Waals surface area contributed by atoms with Crippen LogP contribution < -0.4 is 10.1 Å². The van der Waals surface area contributed by atoms with Crippen LogP contribution in [0.15, 0.2) is 6.07 Å². The summed E-state index contributed by atoms with van der Waals surface area (Å²) in [5, 5.41) is 21.2. The number of aromatic hydroxyl groups is 2. The van der Waals surface area contributed by atoms with Gasteiger partial charge in [0, 0.05) is 6.07 Å². The van der Waals surface area contributed by atoms with Crippen LogP contribution in [0.5, 0.6) is 17.2 Å². The lowest BCUT2D eigenvalue weighted by Gasteiger charge is -2.10. The number of carbonyl (C=O) groups excluding carboxylic acids is 1. The first-order chi connectivity index (χ1) is 7.52. The summed E-state index contributed by atoms with van der Waals surface area (Å²) < 4.78 is 18.3. The van der Waals surface area contributed by atoms with Crippen molar-refractivity contribution in [1.82, 2.24) is 5.32 Å². The highest BCUT2D eigenvalue weighted by Gasteiger charge is 2.23. The first-order valence-electron chi connectivity index (χ1n) is 4.49. The van der Waals surface area contributed by atoms with Crippen molar-refractivity contribution in [2.45, 2.75) is 0 Å². The Morgan fingerprint density at radius 2 is 2.19 bits per heavy atom. The van der Waals surface area contributed by atoms with Gasteiger partial charge in [-0.1, -0.05) is 0 Å². The molecule has 0 radical (unpaired) electrons. The number of Topliss-reactive ketones (excluding diaryl/α,β-unsaturated/α-hetero) is 1. The molecule has 0 unspecified atom stereocenters. The first-order valence-corrected chi connectivity index (χ1v) is 4.49. The van der Waals surface area contributed by atoms with Crippen LogP contribution in [0.25, 0.3) is 0 Å². The molecular formula is C10H12FNO4. The van der Waals surface area contributed by atoms with Gasteiger partial charge in [-0.2, -0.15) is 0 Å². The number of ether oxygens (including phenoxy) is 1. The number of benzene rings is 1. The van der Waals surface area contributed by atoms with Gasteiger partial charge in [-0.15, -0.1) is 0 Å². The van der Waals surface area contributed by atoms with Crippen molar-refractivity contribution >= 4 is 5.78 Å². The van der Waals surface area contributed by atoms with E-state index in [2.05, 4.69) is 10.1 Å². The van der Waals surface area contributed by atoms with Gasteiger partial charge in [0.1, 0.15) is 5.56 Å². The normalized spacial score (nSPS) is 10.2. The van der Waals surface area contributed by atoms with Crippen molar-refractivity contribution in [3.63, 3.8) is 0 Å². The highest BCUT2D eigenvalue weighted by molar-refractivity contribution is 6.01. The number of hydrogen-bond acceptors (Lipinski definition) is 5. The summed E-state index contributed by atoms with van der Waals surface area (Å²) in [5.41, 5.74) is -0.578. The number of ketones is 1. The highest BCUT2D eigenvalue weighted by atomic mass is 19.1. The smallest absolute Gasteiger partial charge is 0.183 e. The third-order valence-corrected chi connectivity index (χ3v) is 2.02. The van der Waals surface area contributed by atoms with Gasteiger partial charge >= 0.3 is 0 Å². The van der Waals surface area contributed by atoms with Gasteiger partial charge in [0.15, 0.2) is 28.8 Å². The molecule has 1 aromatic carbocycles. The van der Waals surface area contributed by atoms with E-state index < -0.39 is 28.7 Å². The molecule has 3 N–H and O–H groups in total. The third kappa shape index (κ3) is 2.06. The number of methoxy groups -OCH3 is 1. The number of phenols is 2. The SMILES string of the molecule is CNCC(=O)c1c(O)c(O)cc(OC)c1F. The van der Waals surface area contributed by atoms with Crippen LogP contribution in [0.4, 0.5) is 4.39 Å². The van der Waals surface area contributed by atoms with E-state index in [9.17, 15) is 19.4 Å². The fourth-order valence-electron chi connectivity index (χ4n) is 1.26. The summed E-state index contributed by atoms with van der Waals surface area (Å²) in [4.78, 5) is 11.5. The molecule has 1 rings (SSSR count). The Labute approximate surface area is 91.5 Å².